The van der Waals surface area contributed by atoms with Gasteiger partial charge in [-0.3, -0.25) is 4.79 Å². The molecule has 116 valence electrons. The summed E-state index contributed by atoms with van der Waals surface area (Å²) in [7, 11) is 1.48. The van der Waals surface area contributed by atoms with Gasteiger partial charge in [-0.2, -0.15) is 0 Å². The Morgan fingerprint density at radius 2 is 2.19 bits per heavy atom. The van der Waals surface area contributed by atoms with Crippen LogP contribution in [0, 0.1) is 0 Å². The van der Waals surface area contributed by atoms with Crippen LogP contribution < -0.4 is 15.4 Å². The van der Waals surface area contributed by atoms with Gasteiger partial charge in [-0.15, -0.1) is 0 Å². The number of carbonyl (C=O) groups excluding carboxylic acids is 1. The normalized spacial score (nSPS) is 9.86. The fraction of sp³-hybridized carbons (Fsp3) is 0.385. The van der Waals surface area contributed by atoms with Crippen molar-refractivity contribution < 1.29 is 19.4 Å². The highest BCUT2D eigenvalue weighted by atomic mass is 35.5. The lowest BCUT2D eigenvalue weighted by molar-refractivity contribution is -0.140. The molecule has 1 aromatic rings. The zero-order chi connectivity index (χ0) is 15.8. The van der Waals surface area contributed by atoms with Gasteiger partial charge in [0.15, 0.2) is 5.11 Å². The van der Waals surface area contributed by atoms with E-state index in [1.807, 2.05) is 0 Å². The van der Waals surface area contributed by atoms with E-state index in [1.165, 1.54) is 20.1 Å². The number of nitrogens with one attached hydrogen (secondary N) is 2. The molecule has 0 aliphatic heterocycles. The molecule has 0 bridgehead atoms. The number of ether oxygens (including phenoxy) is 2. The first kappa shape index (κ1) is 17.3. The van der Waals surface area contributed by atoms with Crippen LogP contribution in [-0.2, 0) is 9.53 Å². The Morgan fingerprint density at radius 1 is 1.48 bits per heavy atom. The Hall–Kier alpha value is -1.73. The molecule has 6 nitrogen and oxygen atoms in total. The third-order valence-electron chi connectivity index (χ3n) is 2.43. The third kappa shape index (κ3) is 6.05. The van der Waals surface area contributed by atoms with Crippen LogP contribution in [-0.4, -0.2) is 36.4 Å². The first-order valence-electron chi connectivity index (χ1n) is 6.18. The van der Waals surface area contributed by atoms with E-state index >= 15 is 0 Å². The maximum atomic E-state index is 10.6. The van der Waals surface area contributed by atoms with Gasteiger partial charge in [0.25, 0.3) is 0 Å². The second-order valence-electron chi connectivity index (χ2n) is 4.08. The van der Waals surface area contributed by atoms with Crippen molar-refractivity contribution in [1.29, 1.82) is 0 Å². The summed E-state index contributed by atoms with van der Waals surface area (Å²) in [6.45, 7) is 2.21. The smallest absolute Gasteiger partial charge is 0.302 e. The van der Waals surface area contributed by atoms with Gasteiger partial charge in [-0.05, 0) is 18.6 Å². The van der Waals surface area contributed by atoms with Crippen molar-refractivity contribution in [2.75, 3.05) is 25.6 Å². The molecule has 8 heteroatoms. The van der Waals surface area contributed by atoms with E-state index in [0.717, 1.165) is 0 Å². The highest BCUT2D eigenvalue weighted by Crippen LogP contribution is 2.34. The van der Waals surface area contributed by atoms with Crippen LogP contribution in [0.25, 0.3) is 0 Å². The van der Waals surface area contributed by atoms with Crippen LogP contribution in [0.5, 0.6) is 11.5 Å². The van der Waals surface area contributed by atoms with Crippen molar-refractivity contribution >= 4 is 40.6 Å². The molecule has 0 fully saturated rings. The molecule has 0 heterocycles. The number of phenolic OH excluding ortho intramolecular Hbond substituents is 1. The van der Waals surface area contributed by atoms with E-state index in [1.54, 1.807) is 6.07 Å². The number of carbonyl (C=O) groups is 1. The maximum absolute atomic E-state index is 10.6. The van der Waals surface area contributed by atoms with E-state index in [0.29, 0.717) is 41.1 Å². The number of anilines is 1. The van der Waals surface area contributed by atoms with Gasteiger partial charge in [0.05, 0.1) is 24.4 Å². The minimum Gasteiger partial charge on any atom is -0.506 e. The first-order valence-corrected chi connectivity index (χ1v) is 6.97. The molecule has 3 N–H and O–H groups in total. The molecular formula is C13H17ClN2O4S. The summed E-state index contributed by atoms with van der Waals surface area (Å²) in [6.07, 6.45) is 0.622. The Kier molecular flexibility index (Phi) is 7.04. The maximum Gasteiger partial charge on any atom is 0.302 e. The fourth-order valence-electron chi connectivity index (χ4n) is 1.46. The number of hydrogen-bond acceptors (Lipinski definition) is 5. The van der Waals surface area contributed by atoms with Crippen molar-refractivity contribution in [3.63, 3.8) is 0 Å². The van der Waals surface area contributed by atoms with Crippen LogP contribution in [0.2, 0.25) is 5.02 Å². The number of rotatable bonds is 6. The zero-order valence-corrected chi connectivity index (χ0v) is 13.3. The predicted molar refractivity (Wildman–Crippen MR) is 85.1 cm³/mol. The molecule has 0 saturated carbocycles. The number of methoxy groups -OCH3 is 1. The third-order valence-corrected chi connectivity index (χ3v) is 2.97. The van der Waals surface area contributed by atoms with E-state index in [4.69, 9.17) is 33.3 Å². The SMILES string of the molecule is COc1cc(NC(=S)NCCCOC(C)=O)c(O)cc1Cl. The molecular weight excluding hydrogens is 316 g/mol. The topological polar surface area (TPSA) is 79.8 Å². The van der Waals surface area contributed by atoms with Gasteiger partial charge in [0, 0.05) is 25.6 Å². The van der Waals surface area contributed by atoms with Crippen LogP contribution >= 0.6 is 23.8 Å². The number of hydrogen-bond donors (Lipinski definition) is 3. The van der Waals surface area contributed by atoms with Crippen LogP contribution in [0.3, 0.4) is 0 Å². The van der Waals surface area contributed by atoms with Gasteiger partial charge in [-0.1, -0.05) is 11.6 Å². The van der Waals surface area contributed by atoms with Gasteiger partial charge in [0.2, 0.25) is 0 Å². The van der Waals surface area contributed by atoms with Crippen LogP contribution in [0.4, 0.5) is 5.69 Å². The molecule has 1 rings (SSSR count). The second-order valence-corrected chi connectivity index (χ2v) is 4.89. The Bertz CT molecular complexity index is 525. The quantitative estimate of drug-likeness (QED) is 0.319. The average molecular weight is 333 g/mol. The first-order chi connectivity index (χ1) is 9.93. The number of aromatic hydroxyl groups is 1. The lowest BCUT2D eigenvalue weighted by Crippen LogP contribution is -2.30. The number of benzene rings is 1. The van der Waals surface area contributed by atoms with Gasteiger partial charge < -0.3 is 25.2 Å². The number of phenols is 1. The molecule has 21 heavy (non-hydrogen) atoms. The van der Waals surface area contributed by atoms with Crippen molar-refractivity contribution in [3.8, 4) is 11.5 Å². The van der Waals surface area contributed by atoms with E-state index in [2.05, 4.69) is 10.6 Å². The van der Waals surface area contributed by atoms with Crippen LogP contribution in [0.15, 0.2) is 12.1 Å². The second kappa shape index (κ2) is 8.53. The molecule has 0 spiro atoms. The largest absolute Gasteiger partial charge is 0.506 e. The van der Waals surface area contributed by atoms with Gasteiger partial charge in [0.1, 0.15) is 11.5 Å². The molecule has 0 unspecified atom stereocenters. The molecule has 0 amide bonds. The highest BCUT2D eigenvalue weighted by Gasteiger charge is 2.09. The molecule has 0 aromatic heterocycles. The summed E-state index contributed by atoms with van der Waals surface area (Å²) < 4.78 is 9.85. The summed E-state index contributed by atoms with van der Waals surface area (Å²) >= 11 is 11.0. The summed E-state index contributed by atoms with van der Waals surface area (Å²) in [5, 5.41) is 16.2. The molecule has 0 radical (unpaired) electrons. The number of thiocarbonyl (C=S) groups is 1. The van der Waals surface area contributed by atoms with Crippen molar-refractivity contribution in [1.82, 2.24) is 5.32 Å². The number of esters is 1. The Morgan fingerprint density at radius 3 is 2.81 bits per heavy atom. The summed E-state index contributed by atoms with van der Waals surface area (Å²) in [6, 6.07) is 2.91. The Balaban J connectivity index is 2.46. The van der Waals surface area contributed by atoms with Crippen molar-refractivity contribution in [3.05, 3.63) is 17.2 Å². The molecule has 0 saturated heterocycles. The molecule has 0 atom stereocenters. The van der Waals surface area contributed by atoms with Gasteiger partial charge in [-0.25, -0.2) is 0 Å². The average Bonchev–Trinajstić information content (AvgIpc) is 2.41. The van der Waals surface area contributed by atoms with Crippen LogP contribution in [0.1, 0.15) is 13.3 Å². The van der Waals surface area contributed by atoms with E-state index in [-0.39, 0.29) is 11.7 Å². The minimum absolute atomic E-state index is 0.0372. The van der Waals surface area contributed by atoms with E-state index < -0.39 is 0 Å². The predicted octanol–water partition coefficient (Wildman–Crippen LogP) is 2.29. The summed E-state index contributed by atoms with van der Waals surface area (Å²) in [5.41, 5.74) is 0.383. The highest BCUT2D eigenvalue weighted by molar-refractivity contribution is 7.80. The monoisotopic (exact) mass is 332 g/mol. The lowest BCUT2D eigenvalue weighted by atomic mass is 10.2. The van der Waals surface area contributed by atoms with Crippen molar-refractivity contribution in [2.45, 2.75) is 13.3 Å². The molecule has 0 aliphatic rings. The summed E-state index contributed by atoms with van der Waals surface area (Å²) in [5.74, 6) is 0.0772. The fourth-order valence-corrected chi connectivity index (χ4v) is 1.90. The lowest BCUT2D eigenvalue weighted by Gasteiger charge is -2.13. The van der Waals surface area contributed by atoms with Crippen molar-refractivity contribution in [2.24, 2.45) is 0 Å². The zero-order valence-electron chi connectivity index (χ0n) is 11.7. The summed E-state index contributed by atoms with van der Waals surface area (Å²) in [4.78, 5) is 10.6. The molecule has 0 aliphatic carbocycles. The van der Waals surface area contributed by atoms with E-state index in [9.17, 15) is 9.90 Å². The molecule has 1 aromatic carbocycles. The number of halogens is 1. The Labute approximate surface area is 133 Å². The standard InChI is InChI=1S/C13H17ClN2O4S/c1-8(17)20-5-3-4-15-13(21)16-10-7-12(19-2)9(14)6-11(10)18/h6-7,18H,3-5H2,1-2H3,(H2,15,16,21). The minimum atomic E-state index is -0.311. The van der Waals surface area contributed by atoms with Gasteiger partial charge >= 0.3 is 5.97 Å².